The molecule has 0 aliphatic heterocycles. The van der Waals surface area contributed by atoms with Crippen molar-refractivity contribution in [1.82, 2.24) is 10.0 Å². The van der Waals surface area contributed by atoms with E-state index in [0.29, 0.717) is 5.69 Å². The fourth-order valence-electron chi connectivity index (χ4n) is 2.72. The highest BCUT2D eigenvalue weighted by molar-refractivity contribution is 7.89. The van der Waals surface area contributed by atoms with Crippen LogP contribution in [0.2, 0.25) is 0 Å². The number of carbonyl (C=O) groups excluding carboxylic acids is 2. The lowest BCUT2D eigenvalue weighted by Gasteiger charge is -2.09. The second-order valence-corrected chi connectivity index (χ2v) is 8.11. The zero-order chi connectivity index (χ0) is 21.6. The van der Waals surface area contributed by atoms with Gasteiger partial charge in [-0.05, 0) is 48.0 Å². The van der Waals surface area contributed by atoms with Gasteiger partial charge >= 0.3 is 0 Å². The minimum Gasteiger partial charge on any atom is -0.459 e. The summed E-state index contributed by atoms with van der Waals surface area (Å²) in [5.41, 5.74) is 1.55. The third-order valence-electron chi connectivity index (χ3n) is 4.12. The topological polar surface area (TPSA) is 118 Å². The lowest BCUT2D eigenvalue weighted by atomic mass is 10.1. The average molecular weight is 427 g/mol. The molecule has 3 aromatic rings. The van der Waals surface area contributed by atoms with Crippen molar-refractivity contribution in [3.8, 4) is 0 Å². The maximum Gasteiger partial charge on any atom is 0.291 e. The number of nitrogens with one attached hydrogen (secondary N) is 3. The van der Waals surface area contributed by atoms with Gasteiger partial charge in [0.25, 0.3) is 11.8 Å². The van der Waals surface area contributed by atoms with Crippen LogP contribution in [0.3, 0.4) is 0 Å². The quantitative estimate of drug-likeness (QED) is 0.511. The minimum atomic E-state index is -3.65. The molecule has 1 aromatic heterocycles. The summed E-state index contributed by atoms with van der Waals surface area (Å²) < 4.78 is 31.7. The van der Waals surface area contributed by atoms with Gasteiger partial charge in [0.1, 0.15) is 0 Å². The molecule has 0 fully saturated rings. The molecule has 0 saturated carbocycles. The summed E-state index contributed by atoms with van der Waals surface area (Å²) >= 11 is 0. The van der Waals surface area contributed by atoms with Crippen molar-refractivity contribution in [2.45, 2.75) is 18.4 Å². The first-order valence-electron chi connectivity index (χ1n) is 9.21. The number of rotatable bonds is 8. The summed E-state index contributed by atoms with van der Waals surface area (Å²) in [5, 5.41) is 5.47. The van der Waals surface area contributed by atoms with E-state index in [0.717, 1.165) is 5.56 Å². The Morgan fingerprint density at radius 1 is 0.967 bits per heavy atom. The molecule has 1 heterocycles. The average Bonchev–Trinajstić information content (AvgIpc) is 3.27. The fraction of sp³-hybridized carbons (Fsp3) is 0.143. The van der Waals surface area contributed by atoms with Gasteiger partial charge in [-0.15, -0.1) is 0 Å². The van der Waals surface area contributed by atoms with Crippen LogP contribution in [-0.4, -0.2) is 26.8 Å². The van der Waals surface area contributed by atoms with Crippen molar-refractivity contribution < 1.29 is 22.4 Å². The van der Waals surface area contributed by atoms with Crippen LogP contribution in [0, 0.1) is 0 Å². The van der Waals surface area contributed by atoms with Crippen molar-refractivity contribution in [1.29, 1.82) is 0 Å². The highest BCUT2D eigenvalue weighted by Gasteiger charge is 2.15. The van der Waals surface area contributed by atoms with E-state index in [-0.39, 0.29) is 35.2 Å². The number of anilines is 1. The Labute approximate surface area is 174 Å². The zero-order valence-electron chi connectivity index (χ0n) is 16.2. The molecule has 0 unspecified atom stereocenters. The van der Waals surface area contributed by atoms with Crippen molar-refractivity contribution in [3.63, 3.8) is 0 Å². The van der Waals surface area contributed by atoms with Gasteiger partial charge in [0.05, 0.1) is 11.2 Å². The first-order valence-corrected chi connectivity index (χ1v) is 10.7. The van der Waals surface area contributed by atoms with E-state index in [9.17, 15) is 18.0 Å². The number of carbonyl (C=O) groups is 2. The molecular formula is C21H21N3O5S. The summed E-state index contributed by atoms with van der Waals surface area (Å²) in [6, 6.07) is 16.0. The minimum absolute atomic E-state index is 0.0274. The van der Waals surface area contributed by atoms with Crippen LogP contribution in [0.15, 0.2) is 76.2 Å². The molecule has 3 rings (SSSR count). The first kappa shape index (κ1) is 21.3. The van der Waals surface area contributed by atoms with Crippen LogP contribution in [0.5, 0.6) is 0 Å². The molecule has 0 radical (unpaired) electrons. The second kappa shape index (κ2) is 9.38. The van der Waals surface area contributed by atoms with Crippen LogP contribution < -0.4 is 15.4 Å². The highest BCUT2D eigenvalue weighted by atomic mass is 32.2. The Bertz CT molecular complexity index is 1140. The molecule has 0 atom stereocenters. The van der Waals surface area contributed by atoms with Gasteiger partial charge in [-0.25, -0.2) is 13.1 Å². The van der Waals surface area contributed by atoms with Crippen molar-refractivity contribution in [2.24, 2.45) is 0 Å². The van der Waals surface area contributed by atoms with E-state index < -0.39 is 15.9 Å². The third-order valence-corrected chi connectivity index (χ3v) is 5.67. The molecule has 0 aliphatic carbocycles. The Balaban J connectivity index is 1.64. The number of hydrogen-bond acceptors (Lipinski definition) is 5. The van der Waals surface area contributed by atoms with Gasteiger partial charge < -0.3 is 15.1 Å². The monoisotopic (exact) mass is 427 g/mol. The van der Waals surface area contributed by atoms with Crippen LogP contribution in [0.1, 0.15) is 33.4 Å². The van der Waals surface area contributed by atoms with Gasteiger partial charge in [-0.2, -0.15) is 0 Å². The van der Waals surface area contributed by atoms with Crippen LogP contribution >= 0.6 is 0 Å². The van der Waals surface area contributed by atoms with Crippen molar-refractivity contribution >= 4 is 27.5 Å². The third kappa shape index (κ3) is 5.34. The molecule has 30 heavy (non-hydrogen) atoms. The van der Waals surface area contributed by atoms with Crippen LogP contribution in [-0.2, 0) is 16.6 Å². The number of sulfonamides is 1. The molecule has 3 N–H and O–H groups in total. The largest absolute Gasteiger partial charge is 0.459 e. The normalized spacial score (nSPS) is 11.1. The number of amides is 2. The summed E-state index contributed by atoms with van der Waals surface area (Å²) in [6.07, 6.45) is 1.42. The number of hydrogen-bond donors (Lipinski definition) is 3. The lowest BCUT2D eigenvalue weighted by Crippen LogP contribution is -2.25. The summed E-state index contributed by atoms with van der Waals surface area (Å²) in [6.45, 7) is 2.14. The number of furan rings is 1. The molecule has 0 saturated heterocycles. The van der Waals surface area contributed by atoms with Crippen molar-refractivity contribution in [2.75, 3.05) is 11.9 Å². The Hall–Kier alpha value is -3.43. The predicted octanol–water partition coefficient (Wildman–Crippen LogP) is 2.76. The van der Waals surface area contributed by atoms with Crippen LogP contribution in [0.25, 0.3) is 0 Å². The standard InChI is InChI=1S/C21H21N3O5S/c1-2-23-30(27,28)18-9-4-7-16(13-18)20(25)22-14-15-6-3-8-17(12-15)24-21(26)19-10-5-11-29-19/h3-13,23H,2,14H2,1H3,(H,22,25)(H,24,26). The van der Waals surface area contributed by atoms with Crippen molar-refractivity contribution in [3.05, 3.63) is 83.8 Å². The second-order valence-electron chi connectivity index (χ2n) is 6.34. The van der Waals surface area contributed by atoms with E-state index in [1.165, 1.54) is 24.5 Å². The molecule has 0 aliphatic rings. The van der Waals surface area contributed by atoms with E-state index in [1.54, 1.807) is 49.4 Å². The van der Waals surface area contributed by atoms with Gasteiger partial charge in [-0.1, -0.05) is 25.1 Å². The van der Waals surface area contributed by atoms with Gasteiger partial charge in [0.15, 0.2) is 5.76 Å². The Morgan fingerprint density at radius 2 is 1.77 bits per heavy atom. The smallest absolute Gasteiger partial charge is 0.291 e. The molecule has 0 bridgehead atoms. The summed E-state index contributed by atoms with van der Waals surface area (Å²) in [4.78, 5) is 24.6. The van der Waals surface area contributed by atoms with E-state index in [2.05, 4.69) is 15.4 Å². The predicted molar refractivity (Wildman–Crippen MR) is 112 cm³/mol. The van der Waals surface area contributed by atoms with Gasteiger partial charge in [0.2, 0.25) is 10.0 Å². The van der Waals surface area contributed by atoms with Gasteiger partial charge in [0, 0.05) is 24.3 Å². The SMILES string of the molecule is CCNS(=O)(=O)c1cccc(C(=O)NCc2cccc(NC(=O)c3ccco3)c2)c1. The molecule has 2 amide bonds. The highest BCUT2D eigenvalue weighted by Crippen LogP contribution is 2.14. The molecule has 156 valence electrons. The summed E-state index contributed by atoms with van der Waals surface area (Å²) in [5.74, 6) is -0.588. The van der Waals surface area contributed by atoms with E-state index >= 15 is 0 Å². The fourth-order valence-corrected chi connectivity index (χ4v) is 3.81. The maximum atomic E-state index is 12.5. The van der Waals surface area contributed by atoms with Gasteiger partial charge in [-0.3, -0.25) is 9.59 Å². The zero-order valence-corrected chi connectivity index (χ0v) is 17.0. The molecule has 9 heteroatoms. The molecule has 8 nitrogen and oxygen atoms in total. The molecular weight excluding hydrogens is 406 g/mol. The first-order chi connectivity index (χ1) is 14.4. The van der Waals surface area contributed by atoms with Crippen LogP contribution in [0.4, 0.5) is 5.69 Å². The Kier molecular flexibility index (Phi) is 6.65. The molecule has 0 spiro atoms. The lowest BCUT2D eigenvalue weighted by molar-refractivity contribution is 0.0949. The molecule has 2 aromatic carbocycles. The Morgan fingerprint density at radius 3 is 2.50 bits per heavy atom. The van der Waals surface area contributed by atoms with E-state index in [4.69, 9.17) is 4.42 Å². The van der Waals surface area contributed by atoms with E-state index in [1.807, 2.05) is 0 Å². The summed E-state index contributed by atoms with van der Waals surface area (Å²) in [7, 11) is -3.65. The number of benzene rings is 2. The maximum absolute atomic E-state index is 12.5.